The quantitative estimate of drug-likeness (QED) is 0.295. The molecule has 1 amide bonds. The Morgan fingerprint density at radius 2 is 1.74 bits per heavy atom. The van der Waals surface area contributed by atoms with Gasteiger partial charge in [0.25, 0.3) is 0 Å². The van der Waals surface area contributed by atoms with E-state index in [0.717, 1.165) is 11.1 Å². The summed E-state index contributed by atoms with van der Waals surface area (Å²) in [5.41, 5.74) is 3.27. The first-order valence-electron chi connectivity index (χ1n) is 14.0. The van der Waals surface area contributed by atoms with Gasteiger partial charge < -0.3 is 9.80 Å². The van der Waals surface area contributed by atoms with Crippen molar-refractivity contribution in [1.82, 2.24) is 14.8 Å². The Kier molecular flexibility index (Phi) is 8.35. The number of halogens is 2. The lowest BCUT2D eigenvalue weighted by Crippen LogP contribution is -2.59. The van der Waals surface area contributed by atoms with Crippen LogP contribution in [-0.2, 0) is 17.6 Å². The van der Waals surface area contributed by atoms with Gasteiger partial charge in [0.2, 0.25) is 5.91 Å². The van der Waals surface area contributed by atoms with Crippen molar-refractivity contribution in [3.05, 3.63) is 88.7 Å². The zero-order valence-corrected chi connectivity index (χ0v) is 25.7. The minimum Gasteiger partial charge on any atom is -0.348 e. The highest BCUT2D eigenvalue weighted by Crippen LogP contribution is 2.58. The first kappa shape index (κ1) is 30.0. The Labute approximate surface area is 252 Å². The highest BCUT2D eigenvalue weighted by Gasteiger charge is 2.42. The molecular weight excluding hydrogens is 577 g/mol. The third-order valence-corrected chi connectivity index (χ3v) is 9.41. The lowest BCUT2D eigenvalue weighted by molar-refractivity contribution is -0.130. The number of anilines is 2. The fourth-order valence-corrected chi connectivity index (χ4v) is 7.34. The summed E-state index contributed by atoms with van der Waals surface area (Å²) in [6.07, 6.45) is 2.55. The number of pyridine rings is 1. The molecule has 0 radical (unpaired) electrons. The molecule has 2 atom stereocenters. The number of nitrogens with zero attached hydrogens (tertiary/aromatic N) is 5. The van der Waals surface area contributed by atoms with E-state index >= 15 is 4.39 Å². The van der Waals surface area contributed by atoms with Crippen molar-refractivity contribution in [1.29, 1.82) is 0 Å². The molecule has 8 nitrogen and oxygen atoms in total. The molecule has 3 heterocycles. The van der Waals surface area contributed by atoms with Crippen molar-refractivity contribution >= 4 is 45.8 Å². The van der Waals surface area contributed by atoms with Gasteiger partial charge in [-0.3, -0.25) is 13.9 Å². The number of hydrogen-bond donors (Lipinski definition) is 2. The van der Waals surface area contributed by atoms with Crippen molar-refractivity contribution in [3.63, 3.8) is 0 Å². The Balaban J connectivity index is 1.76. The lowest BCUT2D eigenvalue weighted by Gasteiger charge is -2.49. The number of aromatic nitrogens is 1. The van der Waals surface area contributed by atoms with E-state index in [1.165, 1.54) is 16.4 Å². The summed E-state index contributed by atoms with van der Waals surface area (Å²) in [7, 11) is -3.87. The van der Waals surface area contributed by atoms with Gasteiger partial charge in [-0.15, -0.1) is 4.40 Å². The van der Waals surface area contributed by atoms with Crippen molar-refractivity contribution in [2.24, 2.45) is 4.40 Å². The van der Waals surface area contributed by atoms with Gasteiger partial charge in [-0.2, -0.15) is 0 Å². The van der Waals surface area contributed by atoms with E-state index < -0.39 is 16.8 Å². The average Bonchev–Trinajstić information content (AvgIpc) is 2.97. The monoisotopic (exact) mass is 611 g/mol. The Morgan fingerprint density at radius 1 is 1.07 bits per heavy atom. The van der Waals surface area contributed by atoms with Gasteiger partial charge in [-0.25, -0.2) is 13.7 Å². The normalized spacial score (nSPS) is 20.6. The number of amides is 1. The number of rotatable bonds is 5. The van der Waals surface area contributed by atoms with Gasteiger partial charge in [0.15, 0.2) is 11.7 Å². The molecular formula is C31H35ClFN5O3S. The van der Waals surface area contributed by atoms with Gasteiger partial charge in [0, 0.05) is 30.7 Å². The van der Waals surface area contributed by atoms with Crippen LogP contribution >= 0.6 is 22.6 Å². The minimum atomic E-state index is -3.87. The van der Waals surface area contributed by atoms with Gasteiger partial charge in [-0.1, -0.05) is 62.4 Å². The minimum absolute atomic E-state index is 0.169. The van der Waals surface area contributed by atoms with Crippen molar-refractivity contribution in [2.75, 3.05) is 17.4 Å². The number of carbonyl (C=O) groups is 1. The van der Waals surface area contributed by atoms with Gasteiger partial charge in [-0.05, 0) is 73.1 Å². The Bertz CT molecular complexity index is 1560. The zero-order valence-electron chi connectivity index (χ0n) is 24.1. The van der Waals surface area contributed by atoms with Crippen LogP contribution in [-0.4, -0.2) is 60.8 Å². The Morgan fingerprint density at radius 3 is 2.36 bits per heavy atom. The van der Waals surface area contributed by atoms with Crippen LogP contribution in [0.3, 0.4) is 0 Å². The van der Waals surface area contributed by atoms with Gasteiger partial charge >= 0.3 is 0 Å². The third kappa shape index (κ3) is 5.17. The predicted octanol–water partition coefficient (Wildman–Crippen LogP) is 7.25. The Hall–Kier alpha value is -3.44. The summed E-state index contributed by atoms with van der Waals surface area (Å²) < 4.78 is 44.6. The number of fused-ring (bicyclic) bond motifs is 1. The van der Waals surface area contributed by atoms with Crippen LogP contribution in [0.4, 0.5) is 15.9 Å². The molecule has 0 saturated carbocycles. The fraction of sp³-hybridized carbons (Fsp3) is 0.323. The highest BCUT2D eigenvalue weighted by atomic mass is 35.5. The second kappa shape index (κ2) is 11.7. The molecule has 222 valence electrons. The van der Waals surface area contributed by atoms with Crippen LogP contribution in [0.15, 0.2) is 65.6 Å². The van der Waals surface area contributed by atoms with E-state index in [4.69, 9.17) is 16.6 Å². The fourth-order valence-electron chi connectivity index (χ4n) is 5.72. The van der Waals surface area contributed by atoms with Crippen LogP contribution in [0.25, 0.3) is 11.3 Å². The van der Waals surface area contributed by atoms with Crippen LogP contribution in [0.5, 0.6) is 0 Å². The molecule has 1 saturated heterocycles. The average molecular weight is 612 g/mol. The number of aryl methyl sites for hydroxylation is 2. The maximum absolute atomic E-state index is 15.0. The SMILES string of the molecule is C=CC(=O)N1C[C@H](C)N(C2=NS(O)(O)N(c3c(CC)cccc3CC)c3nc(-c4ccccc4F)c(Cl)cc32)C[C@H]1C. The standard InChI is InChI=1S/C31H35ClFN5O3S/c1-6-21-12-11-13-22(7-2)29(21)38-30-24(16-25(32)28(34-30)23-14-9-10-15-26(23)33)31(35-42(38,40)41)37-18-19(4)36(17-20(37)5)27(39)8-3/h8-16,19-20,40-41H,3,6-7,17-18H2,1-2,4-5H3/t19-,20+/m1/s1. The molecule has 1 fully saturated rings. The number of para-hydroxylation sites is 1. The van der Waals surface area contributed by atoms with E-state index in [1.807, 2.05) is 50.8 Å². The van der Waals surface area contributed by atoms with Crippen LogP contribution in [0.1, 0.15) is 44.4 Å². The van der Waals surface area contributed by atoms with Crippen molar-refractivity contribution < 1.29 is 18.3 Å². The van der Waals surface area contributed by atoms with Crippen LogP contribution in [0.2, 0.25) is 5.02 Å². The molecule has 11 heteroatoms. The maximum atomic E-state index is 15.0. The first-order chi connectivity index (χ1) is 20.0. The van der Waals surface area contributed by atoms with E-state index in [0.29, 0.717) is 43.0 Å². The highest BCUT2D eigenvalue weighted by molar-refractivity contribution is 8.24. The summed E-state index contributed by atoms with van der Waals surface area (Å²) in [5, 5.41) is 0.200. The van der Waals surface area contributed by atoms with E-state index in [2.05, 4.69) is 11.0 Å². The van der Waals surface area contributed by atoms with Crippen molar-refractivity contribution in [2.45, 2.75) is 52.6 Å². The van der Waals surface area contributed by atoms with E-state index in [-0.39, 0.29) is 40.1 Å². The largest absolute Gasteiger partial charge is 0.348 e. The number of amidine groups is 1. The number of carbonyl (C=O) groups excluding carboxylic acids is 1. The zero-order chi connectivity index (χ0) is 30.3. The maximum Gasteiger partial charge on any atom is 0.246 e. The molecule has 0 aliphatic carbocycles. The van der Waals surface area contributed by atoms with Crippen LogP contribution < -0.4 is 4.31 Å². The van der Waals surface area contributed by atoms with Crippen molar-refractivity contribution in [3.8, 4) is 11.3 Å². The molecule has 3 aromatic rings. The smallest absolute Gasteiger partial charge is 0.246 e. The summed E-state index contributed by atoms with van der Waals surface area (Å²) in [4.78, 5) is 21.0. The van der Waals surface area contributed by atoms with E-state index in [9.17, 15) is 13.9 Å². The topological polar surface area (TPSA) is 92.5 Å². The molecule has 0 spiro atoms. The lowest BCUT2D eigenvalue weighted by atomic mass is 10.0. The molecule has 2 aliphatic heterocycles. The molecule has 0 unspecified atom stereocenters. The van der Waals surface area contributed by atoms with E-state index in [1.54, 1.807) is 29.2 Å². The number of piperazine rings is 1. The van der Waals surface area contributed by atoms with Crippen LogP contribution in [0, 0.1) is 5.82 Å². The first-order valence-corrected chi connectivity index (χ1v) is 15.8. The number of hydrogen-bond acceptors (Lipinski definition) is 7. The summed E-state index contributed by atoms with van der Waals surface area (Å²) >= 11 is 6.80. The summed E-state index contributed by atoms with van der Waals surface area (Å²) in [6.45, 7) is 12.2. The number of benzene rings is 2. The molecule has 0 bridgehead atoms. The second-order valence-electron chi connectivity index (χ2n) is 10.5. The van der Waals surface area contributed by atoms with Gasteiger partial charge in [0.1, 0.15) is 5.82 Å². The third-order valence-electron chi connectivity index (χ3n) is 7.86. The molecule has 42 heavy (non-hydrogen) atoms. The molecule has 5 rings (SSSR count). The summed E-state index contributed by atoms with van der Waals surface area (Å²) in [5.74, 6) is -0.128. The summed E-state index contributed by atoms with van der Waals surface area (Å²) in [6, 6.07) is 13.3. The van der Waals surface area contributed by atoms with Gasteiger partial charge in [0.05, 0.1) is 22.0 Å². The predicted molar refractivity (Wildman–Crippen MR) is 169 cm³/mol. The molecule has 2 aromatic carbocycles. The second-order valence-corrected chi connectivity index (χ2v) is 12.5. The molecule has 1 aromatic heterocycles. The molecule has 2 aliphatic rings. The molecule has 2 N–H and O–H groups in total.